The van der Waals surface area contributed by atoms with Gasteiger partial charge in [0, 0.05) is 14.2 Å². The topological polar surface area (TPSA) is 156 Å². The highest BCUT2D eigenvalue weighted by atomic mass is 35.5. The Bertz CT molecular complexity index is 1100. The molecule has 1 unspecified atom stereocenters. The molecule has 11 nitrogen and oxygen atoms in total. The molecule has 38 heavy (non-hydrogen) atoms. The summed E-state index contributed by atoms with van der Waals surface area (Å²) in [5.74, 6) is -2.99. The summed E-state index contributed by atoms with van der Waals surface area (Å²) in [5.41, 5.74) is -1.15. The zero-order valence-corrected chi connectivity index (χ0v) is 23.2. The Morgan fingerprint density at radius 3 is 2.05 bits per heavy atom. The normalized spacial score (nSPS) is 15.0. The smallest absolute Gasteiger partial charge is 0.263 e. The molecule has 0 saturated heterocycles. The number of benzene rings is 1. The van der Waals surface area contributed by atoms with E-state index in [-0.39, 0.29) is 25.5 Å². The summed E-state index contributed by atoms with van der Waals surface area (Å²) in [6, 6.07) is 5.44. The van der Waals surface area contributed by atoms with Crippen molar-refractivity contribution >= 4 is 46.4 Å². The molecule has 0 saturated carbocycles. The second-order valence-corrected chi connectivity index (χ2v) is 10.3. The molecule has 0 spiro atoms. The Kier molecular flexibility index (Phi) is 12.3. The van der Waals surface area contributed by atoms with Gasteiger partial charge in [-0.05, 0) is 25.8 Å². The molecule has 0 fully saturated rings. The standard InChI is InChI=1S/C25H33ClN4O7S/c1-15-27-11-20(38-15)24(34)30-19(13-37-4)23(33)29-18(12-36-3)22(32)28-17(21(31)25(2,35)14-26)10-16-8-6-5-7-9-16/h5-9,11,17-19,35H,10,12-14H2,1-4H3,(H,28,32)(H,29,33)(H,30,34)/t17?,18-,19-,25+/m0/s1. The Balaban J connectivity index is 2.18. The summed E-state index contributed by atoms with van der Waals surface area (Å²) in [6.07, 6.45) is 1.49. The molecule has 1 aromatic carbocycles. The molecule has 0 bridgehead atoms. The van der Waals surface area contributed by atoms with Crippen molar-refractivity contribution in [1.82, 2.24) is 20.9 Å². The van der Waals surface area contributed by atoms with E-state index in [4.69, 9.17) is 21.1 Å². The molecule has 0 radical (unpaired) electrons. The van der Waals surface area contributed by atoms with E-state index in [1.807, 2.05) is 6.07 Å². The van der Waals surface area contributed by atoms with Crippen LogP contribution in [-0.2, 0) is 30.3 Å². The molecule has 4 atom stereocenters. The van der Waals surface area contributed by atoms with E-state index in [0.29, 0.717) is 9.88 Å². The average Bonchev–Trinajstić information content (AvgIpc) is 3.34. The van der Waals surface area contributed by atoms with Crippen molar-refractivity contribution in [1.29, 1.82) is 0 Å². The van der Waals surface area contributed by atoms with Gasteiger partial charge < -0.3 is 30.5 Å². The quantitative estimate of drug-likeness (QED) is 0.228. The Morgan fingerprint density at radius 2 is 1.55 bits per heavy atom. The molecule has 0 aliphatic heterocycles. The van der Waals surface area contributed by atoms with E-state index < -0.39 is 47.2 Å². The van der Waals surface area contributed by atoms with Crippen molar-refractivity contribution in [3.8, 4) is 0 Å². The summed E-state index contributed by atoms with van der Waals surface area (Å²) in [6.45, 7) is 2.63. The van der Waals surface area contributed by atoms with Gasteiger partial charge in [0.1, 0.15) is 22.6 Å². The number of ketones is 1. The third-order valence-electron chi connectivity index (χ3n) is 5.47. The van der Waals surface area contributed by atoms with Crippen LogP contribution >= 0.6 is 22.9 Å². The Hall–Kier alpha value is -2.90. The number of Topliss-reactive ketones (excluding diaryl/α,β-unsaturated/α-hetero) is 1. The largest absolute Gasteiger partial charge is 0.382 e. The number of nitrogens with zero attached hydrogens (tertiary/aromatic N) is 1. The molecule has 1 aromatic heterocycles. The minimum absolute atomic E-state index is 0.0860. The fourth-order valence-corrected chi connectivity index (χ4v) is 4.25. The van der Waals surface area contributed by atoms with Crippen LogP contribution in [0.3, 0.4) is 0 Å². The highest BCUT2D eigenvalue weighted by molar-refractivity contribution is 7.13. The second-order valence-electron chi connectivity index (χ2n) is 8.76. The van der Waals surface area contributed by atoms with Crippen molar-refractivity contribution in [2.24, 2.45) is 0 Å². The number of nitrogens with one attached hydrogen (secondary N) is 3. The number of thiazole rings is 1. The Morgan fingerprint density at radius 1 is 1.00 bits per heavy atom. The minimum Gasteiger partial charge on any atom is -0.382 e. The maximum absolute atomic E-state index is 13.2. The first kappa shape index (κ1) is 31.3. The first-order chi connectivity index (χ1) is 18.0. The summed E-state index contributed by atoms with van der Waals surface area (Å²) in [5, 5.41) is 18.9. The lowest BCUT2D eigenvalue weighted by molar-refractivity contribution is -0.139. The maximum atomic E-state index is 13.2. The monoisotopic (exact) mass is 568 g/mol. The summed E-state index contributed by atoms with van der Waals surface area (Å²) in [4.78, 5) is 56.2. The minimum atomic E-state index is -1.89. The molecule has 2 rings (SSSR count). The molecular formula is C25H33ClN4O7S. The van der Waals surface area contributed by atoms with Gasteiger partial charge in [-0.25, -0.2) is 4.98 Å². The lowest BCUT2D eigenvalue weighted by Crippen LogP contribution is -2.60. The number of carbonyl (C=O) groups excluding carboxylic acids is 4. The van der Waals surface area contributed by atoms with E-state index in [0.717, 1.165) is 5.56 Å². The molecular weight excluding hydrogens is 536 g/mol. The van der Waals surface area contributed by atoms with Crippen LogP contribution in [0, 0.1) is 6.92 Å². The molecule has 2 aromatic rings. The first-order valence-electron chi connectivity index (χ1n) is 11.7. The molecule has 1 heterocycles. The summed E-state index contributed by atoms with van der Waals surface area (Å²) < 4.78 is 10.2. The third-order valence-corrected chi connectivity index (χ3v) is 6.91. The van der Waals surface area contributed by atoms with Crippen LogP contribution in [0.1, 0.15) is 27.2 Å². The van der Waals surface area contributed by atoms with Crippen molar-refractivity contribution in [2.45, 2.75) is 44.0 Å². The predicted octanol–water partition coefficient (Wildman–Crippen LogP) is 0.614. The zero-order chi connectivity index (χ0) is 28.3. The summed E-state index contributed by atoms with van der Waals surface area (Å²) >= 11 is 6.96. The van der Waals surface area contributed by atoms with Gasteiger partial charge in [-0.15, -0.1) is 22.9 Å². The molecule has 0 aliphatic rings. The maximum Gasteiger partial charge on any atom is 0.263 e. The van der Waals surface area contributed by atoms with E-state index in [2.05, 4.69) is 20.9 Å². The molecule has 208 valence electrons. The van der Waals surface area contributed by atoms with Gasteiger partial charge in [-0.2, -0.15) is 0 Å². The van der Waals surface area contributed by atoms with Crippen LogP contribution in [0.15, 0.2) is 36.5 Å². The summed E-state index contributed by atoms with van der Waals surface area (Å²) in [7, 11) is 2.71. The van der Waals surface area contributed by atoms with Gasteiger partial charge >= 0.3 is 0 Å². The number of rotatable bonds is 15. The van der Waals surface area contributed by atoms with Crippen LogP contribution < -0.4 is 16.0 Å². The lowest BCUT2D eigenvalue weighted by atomic mass is 9.92. The van der Waals surface area contributed by atoms with E-state index >= 15 is 0 Å². The number of amides is 3. The third kappa shape index (κ3) is 9.14. The first-order valence-corrected chi connectivity index (χ1v) is 13.1. The molecule has 13 heteroatoms. The number of aryl methyl sites for hydroxylation is 1. The number of aliphatic hydroxyl groups is 1. The van der Waals surface area contributed by atoms with Crippen molar-refractivity contribution in [3.63, 3.8) is 0 Å². The zero-order valence-electron chi connectivity index (χ0n) is 21.7. The van der Waals surface area contributed by atoms with E-state index in [9.17, 15) is 24.3 Å². The van der Waals surface area contributed by atoms with Crippen molar-refractivity contribution in [3.05, 3.63) is 52.0 Å². The van der Waals surface area contributed by atoms with E-state index in [1.54, 1.807) is 31.2 Å². The fraction of sp³-hybridized carbons (Fsp3) is 0.480. The lowest BCUT2D eigenvalue weighted by Gasteiger charge is -2.28. The average molecular weight is 569 g/mol. The van der Waals surface area contributed by atoms with Gasteiger partial charge in [-0.3, -0.25) is 19.2 Å². The number of ether oxygens (including phenoxy) is 2. The van der Waals surface area contributed by atoms with Gasteiger partial charge in [0.2, 0.25) is 11.8 Å². The van der Waals surface area contributed by atoms with Gasteiger partial charge in [-0.1, -0.05) is 30.3 Å². The highest BCUT2D eigenvalue weighted by Gasteiger charge is 2.37. The molecule has 0 aliphatic carbocycles. The SMILES string of the molecule is COC[C@H](NC(=O)c1cnc(C)s1)C(=O)N[C@@H](COC)C(=O)NC(Cc1ccccc1)C(=O)[C@](C)(O)CCl. The predicted molar refractivity (Wildman–Crippen MR) is 142 cm³/mol. The highest BCUT2D eigenvalue weighted by Crippen LogP contribution is 2.15. The number of carbonyl (C=O) groups is 4. The van der Waals surface area contributed by atoms with Crippen molar-refractivity contribution in [2.75, 3.05) is 33.3 Å². The van der Waals surface area contributed by atoms with Crippen molar-refractivity contribution < 1.29 is 33.8 Å². The molecule has 4 N–H and O–H groups in total. The van der Waals surface area contributed by atoms with Gasteiger partial charge in [0.15, 0.2) is 5.78 Å². The van der Waals surface area contributed by atoms with Crippen LogP contribution in [0.2, 0.25) is 0 Å². The Labute approximate surface area is 230 Å². The van der Waals surface area contributed by atoms with Crippen LogP contribution in [0.4, 0.5) is 0 Å². The number of methoxy groups -OCH3 is 2. The number of alkyl halides is 1. The molecule has 3 amide bonds. The van der Waals surface area contributed by atoms with Crippen LogP contribution in [0.25, 0.3) is 0 Å². The fourth-order valence-electron chi connectivity index (χ4n) is 3.44. The van der Waals surface area contributed by atoms with E-state index in [1.165, 1.54) is 38.7 Å². The van der Waals surface area contributed by atoms with Gasteiger partial charge in [0.05, 0.1) is 36.3 Å². The van der Waals surface area contributed by atoms with Gasteiger partial charge in [0.25, 0.3) is 5.91 Å². The number of hydrogen-bond acceptors (Lipinski definition) is 9. The van der Waals surface area contributed by atoms with Crippen LogP contribution in [-0.4, -0.2) is 90.6 Å². The number of hydrogen-bond donors (Lipinski definition) is 4. The van der Waals surface area contributed by atoms with Crippen LogP contribution in [0.5, 0.6) is 0 Å². The number of halogens is 1. The number of aromatic nitrogens is 1. The second kappa shape index (κ2) is 14.9.